The van der Waals surface area contributed by atoms with Crippen LogP contribution in [-0.2, 0) is 9.36 Å². The highest BCUT2D eigenvalue weighted by molar-refractivity contribution is 7.52. The van der Waals surface area contributed by atoms with Gasteiger partial charge in [0, 0.05) is 12.1 Å². The predicted octanol–water partition coefficient (Wildman–Crippen LogP) is 3.53. The largest absolute Gasteiger partial charge is 0.513 e. The van der Waals surface area contributed by atoms with E-state index >= 15 is 0 Å². The third kappa shape index (κ3) is 5.30. The number of non-ortho nitro benzene ring substituents is 1. The molecule has 0 saturated carbocycles. The highest BCUT2D eigenvalue weighted by Crippen LogP contribution is 2.45. The average molecular weight is 380 g/mol. The summed E-state index contributed by atoms with van der Waals surface area (Å²) < 4.78 is 23.7. The highest BCUT2D eigenvalue weighted by Gasteiger charge is 2.33. The molecule has 0 spiro atoms. The zero-order chi connectivity index (χ0) is 19.3. The van der Waals surface area contributed by atoms with Gasteiger partial charge in [0.25, 0.3) is 5.69 Å². The molecule has 9 nitrogen and oxygen atoms in total. The number of nitro benzene ring substituents is 1. The summed E-state index contributed by atoms with van der Waals surface area (Å²) in [6.45, 7) is 3.15. The SMILES string of the molecule is Cc1ccc(OP(=O)(N[C@@H](C)C(=O)O)Oc2ccc([N+](=O)[O-])cc2)cc1. The van der Waals surface area contributed by atoms with Crippen LogP contribution in [0.4, 0.5) is 5.69 Å². The minimum Gasteiger partial charge on any atom is -0.480 e. The summed E-state index contributed by atoms with van der Waals surface area (Å²) in [7, 11) is -4.13. The van der Waals surface area contributed by atoms with Crippen molar-refractivity contribution in [1.82, 2.24) is 5.09 Å². The Bertz CT molecular complexity index is 837. The van der Waals surface area contributed by atoms with E-state index in [9.17, 15) is 19.5 Å². The third-order valence-corrected chi connectivity index (χ3v) is 4.85. The molecule has 2 N–H and O–H groups in total. The lowest BCUT2D eigenvalue weighted by atomic mass is 10.2. The number of aryl methyl sites for hydroxylation is 1. The van der Waals surface area contributed by atoms with Gasteiger partial charge in [-0.2, -0.15) is 5.09 Å². The zero-order valence-electron chi connectivity index (χ0n) is 14.0. The Morgan fingerprint density at radius 3 is 2.00 bits per heavy atom. The van der Waals surface area contributed by atoms with Gasteiger partial charge in [0.15, 0.2) is 0 Å². The summed E-state index contributed by atoms with van der Waals surface area (Å²) in [5.74, 6) is -1.01. The van der Waals surface area contributed by atoms with E-state index in [1.807, 2.05) is 6.92 Å². The average Bonchev–Trinajstić information content (AvgIpc) is 2.57. The molecule has 0 heterocycles. The summed E-state index contributed by atoms with van der Waals surface area (Å²) in [5.41, 5.74) is 0.786. The second-order valence-electron chi connectivity index (χ2n) is 5.43. The molecule has 0 saturated heterocycles. The third-order valence-electron chi connectivity index (χ3n) is 3.24. The molecule has 2 rings (SSSR count). The van der Waals surface area contributed by atoms with E-state index in [1.165, 1.54) is 31.2 Å². The van der Waals surface area contributed by atoms with Gasteiger partial charge in [-0.25, -0.2) is 4.57 Å². The summed E-state index contributed by atoms with van der Waals surface area (Å²) in [6, 6.07) is 10.2. The lowest BCUT2D eigenvalue weighted by Crippen LogP contribution is -2.34. The number of nitrogens with one attached hydrogen (secondary N) is 1. The maximum Gasteiger partial charge on any atom is 0.513 e. The van der Waals surface area contributed by atoms with Crippen LogP contribution in [0.3, 0.4) is 0 Å². The molecule has 2 aromatic rings. The van der Waals surface area contributed by atoms with Gasteiger partial charge >= 0.3 is 13.7 Å². The van der Waals surface area contributed by atoms with Gasteiger partial charge in [0.2, 0.25) is 0 Å². The number of nitro groups is 1. The molecule has 1 unspecified atom stereocenters. The molecule has 10 heteroatoms. The topological polar surface area (TPSA) is 128 Å². The van der Waals surface area contributed by atoms with Crippen molar-refractivity contribution >= 4 is 19.4 Å². The molecule has 2 atom stereocenters. The maximum atomic E-state index is 13.0. The fourth-order valence-corrected chi connectivity index (χ4v) is 3.40. The lowest BCUT2D eigenvalue weighted by molar-refractivity contribution is -0.384. The molecule has 2 aromatic carbocycles. The van der Waals surface area contributed by atoms with Crippen LogP contribution in [0.15, 0.2) is 48.5 Å². The number of hydrogen-bond donors (Lipinski definition) is 2. The van der Waals surface area contributed by atoms with Crippen molar-refractivity contribution in [2.45, 2.75) is 19.9 Å². The first-order valence-electron chi connectivity index (χ1n) is 7.49. The Morgan fingerprint density at radius 2 is 1.58 bits per heavy atom. The van der Waals surface area contributed by atoms with Gasteiger partial charge < -0.3 is 14.2 Å². The molecular formula is C16H17N2O7P. The van der Waals surface area contributed by atoms with Crippen LogP contribution >= 0.6 is 7.75 Å². The van der Waals surface area contributed by atoms with Crippen LogP contribution in [-0.4, -0.2) is 22.0 Å². The molecule has 0 aliphatic carbocycles. The monoisotopic (exact) mass is 380 g/mol. The molecule has 0 bridgehead atoms. The first-order valence-corrected chi connectivity index (χ1v) is 9.04. The number of aliphatic carboxylic acids is 1. The van der Waals surface area contributed by atoms with E-state index in [1.54, 1.807) is 24.3 Å². The molecule has 0 fully saturated rings. The predicted molar refractivity (Wildman–Crippen MR) is 93.4 cm³/mol. The minimum atomic E-state index is -4.13. The van der Waals surface area contributed by atoms with Crippen LogP contribution in [0.1, 0.15) is 12.5 Å². The van der Waals surface area contributed by atoms with E-state index in [2.05, 4.69) is 5.09 Å². The van der Waals surface area contributed by atoms with Gasteiger partial charge in [-0.3, -0.25) is 14.9 Å². The minimum absolute atomic E-state index is 0.0242. The molecule has 26 heavy (non-hydrogen) atoms. The maximum absolute atomic E-state index is 13.0. The standard InChI is InChI=1S/C16H17N2O7P/c1-11-3-7-14(8-4-11)24-26(23,17-12(2)16(19)20)25-15-9-5-13(6-10-15)18(21)22/h3-10,12H,1-2H3,(H,17,23)(H,19,20)/t12-,26?/m0/s1. The van der Waals surface area contributed by atoms with E-state index in [4.69, 9.17) is 14.2 Å². The van der Waals surface area contributed by atoms with Gasteiger partial charge in [0.1, 0.15) is 17.5 Å². The van der Waals surface area contributed by atoms with Crippen molar-refractivity contribution < 1.29 is 28.4 Å². The number of benzene rings is 2. The smallest absolute Gasteiger partial charge is 0.480 e. The summed E-state index contributed by atoms with van der Waals surface area (Å²) in [6.07, 6.45) is 0. The van der Waals surface area contributed by atoms with Crippen molar-refractivity contribution in [3.05, 3.63) is 64.2 Å². The molecule has 0 aromatic heterocycles. The van der Waals surface area contributed by atoms with Gasteiger partial charge in [0.05, 0.1) is 4.92 Å². The highest BCUT2D eigenvalue weighted by atomic mass is 31.2. The van der Waals surface area contributed by atoms with Crippen LogP contribution in [0.2, 0.25) is 0 Å². The van der Waals surface area contributed by atoms with Gasteiger partial charge in [-0.15, -0.1) is 0 Å². The fraction of sp³-hybridized carbons (Fsp3) is 0.188. The van der Waals surface area contributed by atoms with E-state index < -0.39 is 24.7 Å². The first-order chi connectivity index (χ1) is 12.2. The van der Waals surface area contributed by atoms with Crippen LogP contribution in [0.5, 0.6) is 11.5 Å². The Morgan fingerprint density at radius 1 is 1.12 bits per heavy atom. The number of nitrogens with zero attached hydrogens (tertiary/aromatic N) is 1. The lowest BCUT2D eigenvalue weighted by Gasteiger charge is -2.22. The normalized spacial score (nSPS) is 14.1. The van der Waals surface area contributed by atoms with Crippen molar-refractivity contribution in [3.63, 3.8) is 0 Å². The molecule has 0 aliphatic heterocycles. The second-order valence-corrected chi connectivity index (χ2v) is 7.05. The van der Waals surface area contributed by atoms with Crippen molar-refractivity contribution in [1.29, 1.82) is 0 Å². The Labute approximate surface area is 149 Å². The summed E-state index contributed by atoms with van der Waals surface area (Å²) >= 11 is 0. The zero-order valence-corrected chi connectivity index (χ0v) is 14.9. The number of carboxylic acid groups (broad SMARTS) is 1. The molecule has 0 aliphatic rings. The quantitative estimate of drug-likeness (QED) is 0.404. The summed E-state index contributed by atoms with van der Waals surface area (Å²) in [4.78, 5) is 21.2. The van der Waals surface area contributed by atoms with Crippen molar-refractivity contribution in [2.24, 2.45) is 0 Å². The molecular weight excluding hydrogens is 363 g/mol. The van der Waals surface area contributed by atoms with Crippen LogP contribution in [0, 0.1) is 17.0 Å². The van der Waals surface area contributed by atoms with E-state index in [0.717, 1.165) is 5.56 Å². The van der Waals surface area contributed by atoms with Crippen LogP contribution in [0.25, 0.3) is 0 Å². The number of hydrogen-bond acceptors (Lipinski definition) is 6. The fourth-order valence-electron chi connectivity index (χ4n) is 1.87. The van der Waals surface area contributed by atoms with Gasteiger partial charge in [-0.05, 0) is 38.1 Å². The Hall–Kier alpha value is -2.90. The van der Waals surface area contributed by atoms with Crippen LogP contribution < -0.4 is 14.1 Å². The number of carbonyl (C=O) groups is 1. The second kappa shape index (κ2) is 7.99. The van der Waals surface area contributed by atoms with Gasteiger partial charge in [-0.1, -0.05) is 17.7 Å². The molecule has 138 valence electrons. The van der Waals surface area contributed by atoms with Crippen molar-refractivity contribution in [2.75, 3.05) is 0 Å². The number of carboxylic acids is 1. The molecule has 0 amide bonds. The first kappa shape index (κ1) is 19.4. The van der Waals surface area contributed by atoms with E-state index in [-0.39, 0.29) is 17.2 Å². The number of rotatable bonds is 8. The Kier molecular flexibility index (Phi) is 5.97. The Balaban J connectivity index is 2.26. The molecule has 0 radical (unpaired) electrons. The van der Waals surface area contributed by atoms with Crippen molar-refractivity contribution in [3.8, 4) is 11.5 Å². The summed E-state index contributed by atoms with van der Waals surface area (Å²) in [5, 5.41) is 22.1. The van der Waals surface area contributed by atoms with E-state index in [0.29, 0.717) is 0 Å².